The van der Waals surface area contributed by atoms with Crippen LogP contribution in [0.4, 0.5) is 0 Å². The topological polar surface area (TPSA) is 95.5 Å². The van der Waals surface area contributed by atoms with Crippen molar-refractivity contribution in [1.82, 2.24) is 10.6 Å². The molecule has 0 aliphatic carbocycles. The van der Waals surface area contributed by atoms with Crippen LogP contribution < -0.4 is 10.6 Å². The van der Waals surface area contributed by atoms with E-state index in [0.29, 0.717) is 6.54 Å². The Balaban J connectivity index is 4.11. The quantitative estimate of drug-likeness (QED) is 0.518. The second-order valence-corrected chi connectivity index (χ2v) is 6.33. The third kappa shape index (κ3) is 9.08. The summed E-state index contributed by atoms with van der Waals surface area (Å²) in [4.78, 5) is 11.1. The number of carbonyl (C=O) groups is 1. The van der Waals surface area contributed by atoms with E-state index in [1.54, 1.807) is 6.92 Å². The number of aliphatic hydroxyl groups excluding tert-OH is 1. The Morgan fingerprint density at radius 3 is 2.41 bits per heavy atom. The molecule has 1 atom stereocenters. The van der Waals surface area contributed by atoms with Crippen molar-refractivity contribution in [3.8, 4) is 0 Å². The molecule has 0 heterocycles. The molecule has 17 heavy (non-hydrogen) atoms. The van der Waals surface area contributed by atoms with Gasteiger partial charge in [0.15, 0.2) is 9.84 Å². The summed E-state index contributed by atoms with van der Waals surface area (Å²) < 4.78 is 23.0. The fourth-order valence-corrected chi connectivity index (χ4v) is 2.55. The number of amides is 1. The number of hydrogen-bond acceptors (Lipinski definition) is 5. The van der Waals surface area contributed by atoms with Crippen LogP contribution in [-0.4, -0.2) is 56.2 Å². The lowest BCUT2D eigenvalue weighted by Crippen LogP contribution is -2.38. The molecule has 0 aromatic carbocycles. The van der Waals surface area contributed by atoms with Crippen LogP contribution in [0.2, 0.25) is 0 Å². The summed E-state index contributed by atoms with van der Waals surface area (Å²) in [6.45, 7) is 6.11. The number of rotatable bonds is 8. The van der Waals surface area contributed by atoms with Gasteiger partial charge < -0.3 is 15.7 Å². The lowest BCUT2D eigenvalue weighted by Gasteiger charge is -2.14. The zero-order chi connectivity index (χ0) is 13.5. The van der Waals surface area contributed by atoms with E-state index in [9.17, 15) is 18.3 Å². The minimum atomic E-state index is -3.55. The molecular weight excluding hydrogens is 244 g/mol. The maximum absolute atomic E-state index is 11.5. The van der Waals surface area contributed by atoms with Crippen molar-refractivity contribution < 1.29 is 18.3 Å². The van der Waals surface area contributed by atoms with E-state index in [4.69, 9.17) is 0 Å². The van der Waals surface area contributed by atoms with E-state index in [-0.39, 0.29) is 12.6 Å². The van der Waals surface area contributed by atoms with Gasteiger partial charge in [-0.2, -0.15) is 0 Å². The Bertz CT molecular complexity index is 327. The van der Waals surface area contributed by atoms with Gasteiger partial charge in [-0.25, -0.2) is 8.42 Å². The van der Waals surface area contributed by atoms with Crippen LogP contribution in [0.3, 0.4) is 0 Å². The van der Waals surface area contributed by atoms with E-state index >= 15 is 0 Å². The van der Waals surface area contributed by atoms with Crippen molar-refractivity contribution in [3.05, 3.63) is 0 Å². The minimum absolute atomic E-state index is 0.177. The van der Waals surface area contributed by atoms with Gasteiger partial charge >= 0.3 is 0 Å². The highest BCUT2D eigenvalue weighted by atomic mass is 32.2. The average molecular weight is 266 g/mol. The van der Waals surface area contributed by atoms with Crippen molar-refractivity contribution in [2.75, 3.05) is 24.6 Å². The highest BCUT2D eigenvalue weighted by Gasteiger charge is 2.20. The number of sulfone groups is 1. The summed E-state index contributed by atoms with van der Waals surface area (Å²) in [6, 6.07) is 0.177. The summed E-state index contributed by atoms with van der Waals surface area (Å²) in [5.74, 6) is -1.50. The van der Waals surface area contributed by atoms with Gasteiger partial charge in [-0.05, 0) is 6.92 Å². The molecule has 1 unspecified atom stereocenters. The Morgan fingerprint density at radius 1 is 1.35 bits per heavy atom. The molecule has 0 rings (SSSR count). The molecule has 102 valence electrons. The van der Waals surface area contributed by atoms with Gasteiger partial charge in [-0.1, -0.05) is 13.8 Å². The molecule has 0 bridgehead atoms. The lowest BCUT2D eigenvalue weighted by atomic mass is 10.3. The largest absolute Gasteiger partial charge is 0.391 e. The summed E-state index contributed by atoms with van der Waals surface area (Å²) >= 11 is 0. The van der Waals surface area contributed by atoms with Gasteiger partial charge in [0, 0.05) is 19.1 Å². The van der Waals surface area contributed by atoms with Gasteiger partial charge in [-0.3, -0.25) is 4.79 Å². The third-order valence-electron chi connectivity index (χ3n) is 1.93. The van der Waals surface area contributed by atoms with Crippen LogP contribution in [-0.2, 0) is 14.6 Å². The summed E-state index contributed by atoms with van der Waals surface area (Å²) in [5, 5.41) is 14.8. The van der Waals surface area contributed by atoms with Crippen molar-refractivity contribution in [3.63, 3.8) is 0 Å². The normalized spacial score (nSPS) is 13.7. The number of hydrogen-bond donors (Lipinski definition) is 3. The molecule has 7 heteroatoms. The van der Waals surface area contributed by atoms with Gasteiger partial charge in [0.2, 0.25) is 5.91 Å². The predicted molar refractivity (Wildman–Crippen MR) is 66.5 cm³/mol. The molecule has 0 radical (unpaired) electrons. The molecular formula is C10H22N2O4S. The smallest absolute Gasteiger partial charge is 0.235 e. The molecule has 0 saturated carbocycles. The first-order valence-electron chi connectivity index (χ1n) is 5.65. The zero-order valence-corrected chi connectivity index (χ0v) is 11.4. The molecule has 1 amide bonds. The summed E-state index contributed by atoms with van der Waals surface area (Å²) in [7, 11) is -3.55. The second kappa shape index (κ2) is 7.62. The maximum atomic E-state index is 11.5. The first kappa shape index (κ1) is 16.3. The first-order chi connectivity index (χ1) is 7.76. The predicted octanol–water partition coefficient (Wildman–Crippen LogP) is -1.10. The summed E-state index contributed by atoms with van der Waals surface area (Å²) in [6.07, 6.45) is -0.989. The highest BCUT2D eigenvalue weighted by molar-refractivity contribution is 7.92. The van der Waals surface area contributed by atoms with Crippen molar-refractivity contribution in [1.29, 1.82) is 0 Å². The molecule has 3 N–H and O–H groups in total. The second-order valence-electron chi connectivity index (χ2n) is 4.22. The number of nitrogens with one attached hydrogen (secondary N) is 2. The van der Waals surface area contributed by atoms with E-state index < -0.39 is 33.4 Å². The molecule has 0 spiro atoms. The zero-order valence-electron chi connectivity index (χ0n) is 10.6. The van der Waals surface area contributed by atoms with Crippen molar-refractivity contribution in [2.45, 2.75) is 32.9 Å². The van der Waals surface area contributed by atoms with Crippen LogP contribution in [0, 0.1) is 0 Å². The fourth-order valence-electron chi connectivity index (χ4n) is 1.23. The third-order valence-corrected chi connectivity index (χ3v) is 3.53. The van der Waals surface area contributed by atoms with Crippen LogP contribution in [0.25, 0.3) is 0 Å². The van der Waals surface area contributed by atoms with E-state index in [1.807, 2.05) is 13.8 Å². The van der Waals surface area contributed by atoms with E-state index in [0.717, 1.165) is 0 Å². The number of carbonyl (C=O) groups excluding carboxylic acids is 1. The van der Waals surface area contributed by atoms with Gasteiger partial charge in [-0.15, -0.1) is 0 Å². The molecule has 0 aliphatic rings. The van der Waals surface area contributed by atoms with Crippen LogP contribution in [0.15, 0.2) is 0 Å². The van der Waals surface area contributed by atoms with Crippen LogP contribution in [0.5, 0.6) is 0 Å². The molecule has 6 nitrogen and oxygen atoms in total. The minimum Gasteiger partial charge on any atom is -0.391 e. The highest BCUT2D eigenvalue weighted by Crippen LogP contribution is 1.95. The Kier molecular flexibility index (Phi) is 7.33. The first-order valence-corrected chi connectivity index (χ1v) is 7.47. The Labute approximate surface area is 103 Å². The van der Waals surface area contributed by atoms with Crippen LogP contribution >= 0.6 is 0 Å². The van der Waals surface area contributed by atoms with E-state index in [1.165, 1.54) is 0 Å². The lowest BCUT2D eigenvalue weighted by molar-refractivity contribution is -0.118. The average Bonchev–Trinajstić information content (AvgIpc) is 2.13. The fraction of sp³-hybridized carbons (Fsp3) is 0.900. The van der Waals surface area contributed by atoms with Crippen molar-refractivity contribution in [2.24, 2.45) is 0 Å². The van der Waals surface area contributed by atoms with E-state index in [2.05, 4.69) is 10.6 Å². The van der Waals surface area contributed by atoms with Gasteiger partial charge in [0.25, 0.3) is 0 Å². The Morgan fingerprint density at radius 2 is 1.94 bits per heavy atom. The Hall–Kier alpha value is -0.660. The molecule has 0 fully saturated rings. The SMILES string of the molecule is CCNC(=O)CS(=O)(=O)CC(O)CNC(C)C. The standard InChI is InChI=1S/C10H22N2O4S/c1-4-11-10(14)7-17(15,16)6-9(13)5-12-8(2)3/h8-9,12-13H,4-7H2,1-3H3,(H,11,14). The van der Waals surface area contributed by atoms with Gasteiger partial charge in [0.05, 0.1) is 11.9 Å². The molecule has 0 aromatic rings. The summed E-state index contributed by atoms with van der Waals surface area (Å²) in [5.41, 5.74) is 0. The maximum Gasteiger partial charge on any atom is 0.235 e. The molecule has 0 aliphatic heterocycles. The molecule has 0 aromatic heterocycles. The number of aliphatic hydroxyl groups is 1. The molecule has 0 saturated heterocycles. The van der Waals surface area contributed by atoms with Crippen molar-refractivity contribution >= 4 is 15.7 Å². The van der Waals surface area contributed by atoms with Gasteiger partial charge in [0.1, 0.15) is 5.75 Å². The van der Waals surface area contributed by atoms with Crippen LogP contribution in [0.1, 0.15) is 20.8 Å². The monoisotopic (exact) mass is 266 g/mol.